The van der Waals surface area contributed by atoms with Gasteiger partial charge >= 0.3 is 0 Å². The smallest absolute Gasteiger partial charge is 0.160 e. The number of sulfone groups is 1. The van der Waals surface area contributed by atoms with Gasteiger partial charge in [0.15, 0.2) is 5.65 Å². The molecule has 0 aliphatic carbocycles. The van der Waals surface area contributed by atoms with Crippen molar-refractivity contribution in [2.24, 2.45) is 0 Å². The van der Waals surface area contributed by atoms with Gasteiger partial charge in [-0.15, -0.1) is 11.6 Å². The third-order valence-corrected chi connectivity index (χ3v) is 4.43. The number of rotatable bonds is 4. The SMILES string of the molecule is CC(CS(C)(=O)=O)n1c(CCl)nc2cc(Br)cnc21. The number of fused-ring (bicyclic) bond motifs is 1. The van der Waals surface area contributed by atoms with Crippen molar-refractivity contribution in [3.63, 3.8) is 0 Å². The summed E-state index contributed by atoms with van der Waals surface area (Å²) in [4.78, 5) is 8.69. The predicted octanol–water partition coefficient (Wildman–Crippen LogP) is 2.54. The highest BCUT2D eigenvalue weighted by atomic mass is 79.9. The van der Waals surface area contributed by atoms with Crippen LogP contribution in [0.1, 0.15) is 18.8 Å². The quantitative estimate of drug-likeness (QED) is 0.780. The second-order valence-corrected chi connectivity index (χ2v) is 7.84. The van der Waals surface area contributed by atoms with E-state index in [4.69, 9.17) is 11.6 Å². The Kier molecular flexibility index (Phi) is 4.17. The van der Waals surface area contributed by atoms with Crippen molar-refractivity contribution in [2.45, 2.75) is 18.8 Å². The van der Waals surface area contributed by atoms with Crippen molar-refractivity contribution in [1.82, 2.24) is 14.5 Å². The van der Waals surface area contributed by atoms with Gasteiger partial charge in [0.2, 0.25) is 0 Å². The molecule has 0 spiro atoms. The van der Waals surface area contributed by atoms with Crippen LogP contribution >= 0.6 is 27.5 Å². The Balaban J connectivity index is 2.57. The minimum absolute atomic E-state index is 0.0279. The fourth-order valence-corrected chi connectivity index (χ4v) is 3.61. The van der Waals surface area contributed by atoms with Gasteiger partial charge in [-0.05, 0) is 28.9 Å². The molecule has 0 aliphatic rings. The van der Waals surface area contributed by atoms with Crippen LogP contribution in [0.4, 0.5) is 0 Å². The number of pyridine rings is 1. The Morgan fingerprint density at radius 1 is 1.53 bits per heavy atom. The maximum Gasteiger partial charge on any atom is 0.160 e. The van der Waals surface area contributed by atoms with Gasteiger partial charge < -0.3 is 4.57 Å². The summed E-state index contributed by atoms with van der Waals surface area (Å²) in [5.74, 6) is 0.862. The molecule has 2 heterocycles. The summed E-state index contributed by atoms with van der Waals surface area (Å²) >= 11 is 9.22. The first kappa shape index (κ1) is 14.7. The maximum atomic E-state index is 11.4. The molecule has 0 amide bonds. The first-order valence-corrected chi connectivity index (χ1v) is 8.96. The summed E-state index contributed by atoms with van der Waals surface area (Å²) < 4.78 is 25.5. The van der Waals surface area contributed by atoms with E-state index >= 15 is 0 Å². The van der Waals surface area contributed by atoms with E-state index in [1.165, 1.54) is 6.26 Å². The number of nitrogens with zero attached hydrogens (tertiary/aromatic N) is 3. The molecule has 0 fully saturated rings. The van der Waals surface area contributed by atoms with Gasteiger partial charge in [0.1, 0.15) is 21.2 Å². The summed E-state index contributed by atoms with van der Waals surface area (Å²) in [6.45, 7) is 1.82. The van der Waals surface area contributed by atoms with Crippen LogP contribution in [0.5, 0.6) is 0 Å². The highest BCUT2D eigenvalue weighted by molar-refractivity contribution is 9.10. The molecule has 0 saturated heterocycles. The first-order chi connectivity index (χ1) is 8.81. The molecular weight excluding hydrogens is 354 g/mol. The van der Waals surface area contributed by atoms with Crippen LogP contribution in [0.2, 0.25) is 0 Å². The van der Waals surface area contributed by atoms with E-state index in [0.717, 1.165) is 4.47 Å². The van der Waals surface area contributed by atoms with Gasteiger partial charge in [0.05, 0.1) is 11.6 Å². The molecule has 1 unspecified atom stereocenters. The fourth-order valence-electron chi connectivity index (χ4n) is 2.07. The minimum atomic E-state index is -3.08. The van der Waals surface area contributed by atoms with Crippen LogP contribution in [-0.2, 0) is 15.7 Å². The van der Waals surface area contributed by atoms with Crippen molar-refractivity contribution in [3.8, 4) is 0 Å². The largest absolute Gasteiger partial charge is 0.308 e. The molecule has 104 valence electrons. The van der Waals surface area contributed by atoms with Crippen LogP contribution in [-0.4, -0.2) is 35.0 Å². The first-order valence-electron chi connectivity index (χ1n) is 5.58. The van der Waals surface area contributed by atoms with Crippen LogP contribution < -0.4 is 0 Å². The predicted molar refractivity (Wildman–Crippen MR) is 79.2 cm³/mol. The van der Waals surface area contributed by atoms with Crippen molar-refractivity contribution in [3.05, 3.63) is 22.6 Å². The molecule has 0 aliphatic heterocycles. The monoisotopic (exact) mass is 365 g/mol. The lowest BCUT2D eigenvalue weighted by Crippen LogP contribution is -2.18. The second-order valence-electron chi connectivity index (χ2n) is 4.47. The van der Waals surface area contributed by atoms with Crippen molar-refractivity contribution >= 4 is 48.5 Å². The summed E-state index contributed by atoms with van der Waals surface area (Å²) in [7, 11) is -3.08. The Morgan fingerprint density at radius 3 is 2.79 bits per heavy atom. The molecule has 0 bridgehead atoms. The van der Waals surface area contributed by atoms with Gasteiger partial charge in [-0.3, -0.25) is 0 Å². The molecule has 1 atom stereocenters. The van der Waals surface area contributed by atoms with E-state index in [1.807, 2.05) is 13.0 Å². The highest BCUT2D eigenvalue weighted by Gasteiger charge is 2.19. The third kappa shape index (κ3) is 3.27. The molecular formula is C11H13BrClN3O2S. The standard InChI is InChI=1S/C11H13BrClN3O2S/c1-7(6-19(2,17)18)16-10(4-13)15-9-3-8(12)5-14-11(9)16/h3,5,7H,4,6H2,1-2H3. The Bertz CT molecular complexity index is 714. The summed E-state index contributed by atoms with van der Waals surface area (Å²) in [5, 5.41) is 0. The van der Waals surface area contributed by atoms with E-state index in [2.05, 4.69) is 25.9 Å². The van der Waals surface area contributed by atoms with Crippen molar-refractivity contribution < 1.29 is 8.42 Å². The zero-order valence-corrected chi connectivity index (χ0v) is 13.6. The zero-order valence-electron chi connectivity index (χ0n) is 10.5. The number of imidazole rings is 1. The molecule has 2 rings (SSSR count). The normalized spacial score (nSPS) is 13.9. The molecule has 5 nitrogen and oxygen atoms in total. The average Bonchev–Trinajstić information content (AvgIpc) is 2.63. The number of hydrogen-bond acceptors (Lipinski definition) is 4. The summed E-state index contributed by atoms with van der Waals surface area (Å²) in [5.41, 5.74) is 1.35. The lowest BCUT2D eigenvalue weighted by atomic mass is 10.3. The number of hydrogen-bond donors (Lipinski definition) is 0. The van der Waals surface area contributed by atoms with E-state index < -0.39 is 9.84 Å². The third-order valence-electron chi connectivity index (χ3n) is 2.67. The van der Waals surface area contributed by atoms with Gasteiger partial charge in [-0.2, -0.15) is 0 Å². The van der Waals surface area contributed by atoms with E-state index in [0.29, 0.717) is 17.0 Å². The summed E-state index contributed by atoms with van der Waals surface area (Å²) in [6, 6.07) is 1.57. The van der Waals surface area contributed by atoms with E-state index in [1.54, 1.807) is 10.8 Å². The zero-order chi connectivity index (χ0) is 14.2. The molecule has 2 aromatic rings. The van der Waals surface area contributed by atoms with Crippen molar-refractivity contribution in [2.75, 3.05) is 12.0 Å². The Labute approximate surface area is 125 Å². The second kappa shape index (κ2) is 5.38. The van der Waals surface area contributed by atoms with Crippen LogP contribution in [0, 0.1) is 0 Å². The Hall–Kier alpha value is -0.660. The molecule has 0 saturated carbocycles. The van der Waals surface area contributed by atoms with Gasteiger partial charge in [-0.25, -0.2) is 18.4 Å². The average molecular weight is 367 g/mol. The molecule has 0 aromatic carbocycles. The van der Waals surface area contributed by atoms with Crippen LogP contribution in [0.3, 0.4) is 0 Å². The lowest BCUT2D eigenvalue weighted by Gasteiger charge is -2.15. The molecule has 0 N–H and O–H groups in total. The van der Waals surface area contributed by atoms with Crippen LogP contribution in [0.25, 0.3) is 11.2 Å². The van der Waals surface area contributed by atoms with E-state index in [-0.39, 0.29) is 17.7 Å². The van der Waals surface area contributed by atoms with Gasteiger partial charge in [0, 0.05) is 23.0 Å². The van der Waals surface area contributed by atoms with Gasteiger partial charge in [-0.1, -0.05) is 0 Å². The minimum Gasteiger partial charge on any atom is -0.308 e. The topological polar surface area (TPSA) is 64.8 Å². The molecule has 0 radical (unpaired) electrons. The van der Waals surface area contributed by atoms with Crippen molar-refractivity contribution in [1.29, 1.82) is 0 Å². The number of aromatic nitrogens is 3. The number of halogens is 2. The maximum absolute atomic E-state index is 11.4. The molecule has 8 heteroatoms. The summed E-state index contributed by atoms with van der Waals surface area (Å²) in [6.07, 6.45) is 2.87. The Morgan fingerprint density at radius 2 is 2.21 bits per heavy atom. The molecule has 2 aromatic heterocycles. The fraction of sp³-hybridized carbons (Fsp3) is 0.455. The highest BCUT2D eigenvalue weighted by Crippen LogP contribution is 2.23. The van der Waals surface area contributed by atoms with E-state index in [9.17, 15) is 8.42 Å². The van der Waals surface area contributed by atoms with Gasteiger partial charge in [0.25, 0.3) is 0 Å². The number of alkyl halides is 1. The van der Waals surface area contributed by atoms with Crippen LogP contribution in [0.15, 0.2) is 16.7 Å². The molecule has 19 heavy (non-hydrogen) atoms. The lowest BCUT2D eigenvalue weighted by molar-refractivity contribution is 0.559.